The van der Waals surface area contributed by atoms with Crippen LogP contribution >= 0.6 is 11.6 Å². The van der Waals surface area contributed by atoms with Crippen LogP contribution in [0.15, 0.2) is 24.4 Å². The lowest BCUT2D eigenvalue weighted by molar-refractivity contribution is 0.0992. The van der Waals surface area contributed by atoms with Crippen LogP contribution in [0, 0.1) is 13.8 Å². The molecule has 150 valence electrons. The minimum absolute atomic E-state index is 0.0120. The number of piperazine rings is 1. The maximum atomic E-state index is 12.8. The molecule has 6 heteroatoms. The van der Waals surface area contributed by atoms with Crippen LogP contribution in [0.4, 0.5) is 0 Å². The van der Waals surface area contributed by atoms with Gasteiger partial charge in [0.05, 0.1) is 12.8 Å². The Bertz CT molecular complexity index is 869. The number of carbonyl (C=O) groups is 1. The average molecular weight is 402 g/mol. The van der Waals surface area contributed by atoms with Crippen molar-refractivity contribution in [2.45, 2.75) is 39.8 Å². The number of ether oxygens (including phenoxy) is 1. The molecule has 0 unspecified atom stereocenters. The van der Waals surface area contributed by atoms with Crippen molar-refractivity contribution < 1.29 is 9.53 Å². The smallest absolute Gasteiger partial charge is 0.168 e. The standard InChI is InChI=1S/C22H28ClN3O2/c1-14-12-26(6-5-24-14)13-19-8-20(23)7-17(15(19)2)9-21(27)18-10-22(28-4)16(3)25-11-18/h7-8,10-11,14,24H,5-6,9,12-13H2,1-4H3/t14-/m0/s1. The zero-order valence-electron chi connectivity index (χ0n) is 17.0. The number of pyridine rings is 1. The van der Waals surface area contributed by atoms with Gasteiger partial charge in [0.25, 0.3) is 0 Å². The highest BCUT2D eigenvalue weighted by Crippen LogP contribution is 2.25. The third-order valence-corrected chi connectivity index (χ3v) is 5.59. The van der Waals surface area contributed by atoms with E-state index in [4.69, 9.17) is 16.3 Å². The van der Waals surface area contributed by atoms with E-state index in [1.54, 1.807) is 19.4 Å². The lowest BCUT2D eigenvalue weighted by atomic mass is 9.96. The van der Waals surface area contributed by atoms with Gasteiger partial charge in [0.2, 0.25) is 0 Å². The zero-order valence-corrected chi connectivity index (χ0v) is 17.8. The van der Waals surface area contributed by atoms with Crippen molar-refractivity contribution in [3.63, 3.8) is 0 Å². The molecule has 3 rings (SSSR count). The predicted octanol–water partition coefficient (Wildman–Crippen LogP) is 3.58. The second kappa shape index (κ2) is 9.03. The van der Waals surface area contributed by atoms with E-state index in [9.17, 15) is 4.79 Å². The highest BCUT2D eigenvalue weighted by Gasteiger charge is 2.19. The Labute approximate surface area is 172 Å². The van der Waals surface area contributed by atoms with E-state index < -0.39 is 0 Å². The number of carbonyl (C=O) groups excluding carboxylic acids is 1. The Kier molecular flexibility index (Phi) is 6.70. The van der Waals surface area contributed by atoms with Crippen molar-refractivity contribution in [3.8, 4) is 5.75 Å². The number of ketones is 1. The summed E-state index contributed by atoms with van der Waals surface area (Å²) in [5, 5.41) is 4.14. The molecule has 5 nitrogen and oxygen atoms in total. The number of aromatic nitrogens is 1. The highest BCUT2D eigenvalue weighted by atomic mass is 35.5. The Balaban J connectivity index is 1.80. The molecule has 1 saturated heterocycles. The van der Waals surface area contributed by atoms with E-state index in [1.165, 1.54) is 5.56 Å². The van der Waals surface area contributed by atoms with Crippen LogP contribution in [0.3, 0.4) is 0 Å². The van der Waals surface area contributed by atoms with E-state index in [1.807, 2.05) is 19.1 Å². The number of rotatable bonds is 6. The fourth-order valence-electron chi connectivity index (χ4n) is 3.69. The zero-order chi connectivity index (χ0) is 20.3. The summed E-state index contributed by atoms with van der Waals surface area (Å²) in [4.78, 5) is 19.5. The largest absolute Gasteiger partial charge is 0.495 e. The maximum absolute atomic E-state index is 12.8. The fraction of sp³-hybridized carbons (Fsp3) is 0.455. The molecular weight excluding hydrogens is 374 g/mol. The topological polar surface area (TPSA) is 54.5 Å². The van der Waals surface area contributed by atoms with Crippen molar-refractivity contribution in [1.82, 2.24) is 15.2 Å². The number of benzene rings is 1. The molecule has 1 fully saturated rings. The summed E-state index contributed by atoms with van der Waals surface area (Å²) in [6, 6.07) is 6.16. The lowest BCUT2D eigenvalue weighted by Gasteiger charge is -2.32. The van der Waals surface area contributed by atoms with Crippen molar-refractivity contribution in [1.29, 1.82) is 0 Å². The van der Waals surface area contributed by atoms with Gasteiger partial charge in [0.15, 0.2) is 5.78 Å². The monoisotopic (exact) mass is 401 g/mol. The fourth-order valence-corrected chi connectivity index (χ4v) is 3.95. The minimum atomic E-state index is 0.0120. The summed E-state index contributed by atoms with van der Waals surface area (Å²) in [6.45, 7) is 10.00. The van der Waals surface area contributed by atoms with Crippen LogP contribution in [0.1, 0.15) is 39.7 Å². The number of hydrogen-bond acceptors (Lipinski definition) is 5. The van der Waals surface area contributed by atoms with Gasteiger partial charge >= 0.3 is 0 Å². The SMILES string of the molecule is COc1cc(C(=O)Cc2cc(Cl)cc(CN3CCN[C@@H](C)C3)c2C)cnc1C. The summed E-state index contributed by atoms with van der Waals surface area (Å²) in [5.41, 5.74) is 4.61. The first-order valence-corrected chi connectivity index (χ1v) is 10.0. The van der Waals surface area contributed by atoms with Gasteiger partial charge in [-0.2, -0.15) is 0 Å². The molecule has 1 aliphatic heterocycles. The molecule has 1 aromatic heterocycles. The van der Waals surface area contributed by atoms with E-state index in [-0.39, 0.29) is 5.78 Å². The van der Waals surface area contributed by atoms with E-state index in [0.717, 1.165) is 43.0 Å². The van der Waals surface area contributed by atoms with Gasteiger partial charge in [0.1, 0.15) is 5.75 Å². The molecule has 1 aromatic carbocycles. The number of nitrogens with one attached hydrogen (secondary N) is 1. The minimum Gasteiger partial charge on any atom is -0.495 e. The summed E-state index contributed by atoms with van der Waals surface area (Å²) in [5.74, 6) is 0.639. The molecule has 0 radical (unpaired) electrons. The summed E-state index contributed by atoms with van der Waals surface area (Å²) in [6.07, 6.45) is 1.91. The van der Waals surface area contributed by atoms with Crippen LogP contribution in [-0.2, 0) is 13.0 Å². The molecule has 1 N–H and O–H groups in total. The third kappa shape index (κ3) is 4.90. The van der Waals surface area contributed by atoms with Crippen LogP contribution in [-0.4, -0.2) is 48.5 Å². The van der Waals surface area contributed by atoms with Gasteiger partial charge in [-0.25, -0.2) is 0 Å². The van der Waals surface area contributed by atoms with E-state index in [2.05, 4.69) is 29.0 Å². The molecule has 0 amide bonds. The Morgan fingerprint density at radius 1 is 1.32 bits per heavy atom. The Morgan fingerprint density at radius 3 is 2.79 bits per heavy atom. The molecule has 1 atom stereocenters. The van der Waals surface area contributed by atoms with Crippen molar-refractivity contribution in [2.75, 3.05) is 26.7 Å². The first kappa shape index (κ1) is 20.8. The second-order valence-electron chi connectivity index (χ2n) is 7.55. The van der Waals surface area contributed by atoms with Crippen LogP contribution < -0.4 is 10.1 Å². The normalized spacial score (nSPS) is 17.5. The third-order valence-electron chi connectivity index (χ3n) is 5.37. The van der Waals surface area contributed by atoms with Gasteiger partial charge in [-0.3, -0.25) is 14.7 Å². The number of methoxy groups -OCH3 is 1. The predicted molar refractivity (Wildman–Crippen MR) is 112 cm³/mol. The van der Waals surface area contributed by atoms with Gasteiger partial charge in [-0.15, -0.1) is 0 Å². The van der Waals surface area contributed by atoms with E-state index in [0.29, 0.717) is 28.8 Å². The molecule has 0 saturated carbocycles. The number of nitrogens with zero attached hydrogens (tertiary/aromatic N) is 2. The Hall–Kier alpha value is -1.95. The second-order valence-corrected chi connectivity index (χ2v) is 7.99. The summed E-state index contributed by atoms with van der Waals surface area (Å²) < 4.78 is 5.29. The average Bonchev–Trinajstić information content (AvgIpc) is 2.65. The summed E-state index contributed by atoms with van der Waals surface area (Å²) >= 11 is 6.39. The van der Waals surface area contributed by atoms with E-state index >= 15 is 0 Å². The summed E-state index contributed by atoms with van der Waals surface area (Å²) in [7, 11) is 1.59. The maximum Gasteiger partial charge on any atom is 0.168 e. The molecule has 28 heavy (non-hydrogen) atoms. The number of hydrogen-bond donors (Lipinski definition) is 1. The van der Waals surface area contributed by atoms with Crippen molar-refractivity contribution in [2.24, 2.45) is 0 Å². The number of aryl methyl sites for hydroxylation is 1. The lowest BCUT2D eigenvalue weighted by Crippen LogP contribution is -2.48. The van der Waals surface area contributed by atoms with Gasteiger partial charge < -0.3 is 10.1 Å². The molecule has 0 bridgehead atoms. The van der Waals surface area contributed by atoms with Gasteiger partial charge in [-0.1, -0.05) is 11.6 Å². The van der Waals surface area contributed by atoms with Crippen LogP contribution in [0.5, 0.6) is 5.75 Å². The number of Topliss-reactive ketones (excluding diaryl/α,β-unsaturated/α-hetero) is 1. The Morgan fingerprint density at radius 2 is 2.07 bits per heavy atom. The quantitative estimate of drug-likeness (QED) is 0.750. The van der Waals surface area contributed by atoms with Crippen LogP contribution in [0.25, 0.3) is 0 Å². The van der Waals surface area contributed by atoms with Crippen molar-refractivity contribution >= 4 is 17.4 Å². The van der Waals surface area contributed by atoms with Crippen LogP contribution in [0.2, 0.25) is 5.02 Å². The number of halogens is 1. The molecule has 0 aliphatic carbocycles. The molecule has 2 aromatic rings. The molecule has 1 aliphatic rings. The first-order chi connectivity index (χ1) is 13.4. The first-order valence-electron chi connectivity index (χ1n) is 9.65. The molecular formula is C22H28ClN3O2. The highest BCUT2D eigenvalue weighted by molar-refractivity contribution is 6.30. The molecule has 2 heterocycles. The van der Waals surface area contributed by atoms with Crippen molar-refractivity contribution in [3.05, 3.63) is 57.4 Å². The molecule has 0 spiro atoms. The van der Waals surface area contributed by atoms with Gasteiger partial charge in [-0.05, 0) is 55.7 Å². The van der Waals surface area contributed by atoms with Gasteiger partial charge in [0, 0.05) is 55.4 Å².